The van der Waals surface area contributed by atoms with Crippen LogP contribution in [0.5, 0.6) is 11.5 Å². The molecule has 0 aliphatic carbocycles. The zero-order valence-corrected chi connectivity index (χ0v) is 14.8. The van der Waals surface area contributed by atoms with Crippen molar-refractivity contribution in [2.24, 2.45) is 0 Å². The maximum atomic E-state index is 12.3. The van der Waals surface area contributed by atoms with Crippen molar-refractivity contribution in [2.45, 2.75) is 18.2 Å². The van der Waals surface area contributed by atoms with Crippen molar-refractivity contribution in [3.8, 4) is 11.5 Å². The second-order valence-corrected chi connectivity index (χ2v) is 6.90. The first-order chi connectivity index (χ1) is 11.8. The van der Waals surface area contributed by atoms with Gasteiger partial charge in [0.2, 0.25) is 10.0 Å². The Bertz CT molecular complexity index is 977. The highest BCUT2D eigenvalue weighted by Crippen LogP contribution is 2.27. The Morgan fingerprint density at radius 2 is 1.76 bits per heavy atom. The van der Waals surface area contributed by atoms with Crippen LogP contribution in [-0.4, -0.2) is 39.2 Å². The summed E-state index contributed by atoms with van der Waals surface area (Å²) in [6.45, 7) is 1.41. The Hall–Kier alpha value is -2.59. The van der Waals surface area contributed by atoms with E-state index in [2.05, 4.69) is 9.71 Å². The molecule has 2 rings (SSSR count). The Kier molecular flexibility index (Phi) is 5.65. The molecule has 0 spiro atoms. The van der Waals surface area contributed by atoms with E-state index in [1.165, 1.54) is 21.1 Å². The van der Waals surface area contributed by atoms with Crippen molar-refractivity contribution in [1.82, 2.24) is 14.7 Å². The number of hydrogen-bond acceptors (Lipinski definition) is 6. The molecular formula is C15H19N3O6S. The van der Waals surface area contributed by atoms with Crippen LogP contribution in [0.15, 0.2) is 32.7 Å². The molecule has 0 aliphatic heterocycles. The maximum Gasteiger partial charge on any atom is 0.325 e. The van der Waals surface area contributed by atoms with Gasteiger partial charge in [0, 0.05) is 12.2 Å². The number of aryl methyl sites for hydroxylation is 1. The van der Waals surface area contributed by atoms with Crippen molar-refractivity contribution in [3.63, 3.8) is 0 Å². The summed E-state index contributed by atoms with van der Waals surface area (Å²) in [5, 5.41) is 0. The van der Waals surface area contributed by atoms with Gasteiger partial charge in [0.15, 0.2) is 16.4 Å². The van der Waals surface area contributed by atoms with E-state index in [1.807, 2.05) is 4.98 Å². The third-order valence-electron chi connectivity index (χ3n) is 3.50. The molecule has 0 radical (unpaired) electrons. The summed E-state index contributed by atoms with van der Waals surface area (Å²) in [6.07, 6.45) is 0.375. The van der Waals surface area contributed by atoms with E-state index >= 15 is 0 Å². The second-order valence-electron chi connectivity index (χ2n) is 5.20. The summed E-state index contributed by atoms with van der Waals surface area (Å²) >= 11 is 0. The number of nitrogens with one attached hydrogen (secondary N) is 3. The topological polar surface area (TPSA) is 130 Å². The van der Waals surface area contributed by atoms with Gasteiger partial charge >= 0.3 is 5.69 Å². The molecule has 25 heavy (non-hydrogen) atoms. The highest BCUT2D eigenvalue weighted by Gasteiger charge is 2.21. The normalized spacial score (nSPS) is 11.3. The summed E-state index contributed by atoms with van der Waals surface area (Å²) in [7, 11) is -1.02. The molecule has 136 valence electrons. The van der Waals surface area contributed by atoms with Crippen LogP contribution < -0.4 is 25.4 Å². The molecular weight excluding hydrogens is 350 g/mol. The van der Waals surface area contributed by atoms with Crippen molar-refractivity contribution >= 4 is 10.0 Å². The minimum Gasteiger partial charge on any atom is -0.493 e. The molecule has 2 aromatic rings. The zero-order chi connectivity index (χ0) is 18.6. The summed E-state index contributed by atoms with van der Waals surface area (Å²) in [5.74, 6) is 1.11. The zero-order valence-electron chi connectivity index (χ0n) is 14.0. The van der Waals surface area contributed by atoms with Gasteiger partial charge in [-0.2, -0.15) is 0 Å². The third kappa shape index (κ3) is 4.28. The fourth-order valence-corrected chi connectivity index (χ4v) is 3.61. The van der Waals surface area contributed by atoms with Crippen LogP contribution in [0, 0.1) is 6.92 Å². The number of H-pyrrole nitrogens is 2. The van der Waals surface area contributed by atoms with E-state index in [1.54, 1.807) is 18.2 Å². The first-order valence-electron chi connectivity index (χ1n) is 7.32. The van der Waals surface area contributed by atoms with Gasteiger partial charge in [-0.15, -0.1) is 0 Å². The van der Waals surface area contributed by atoms with Gasteiger partial charge < -0.3 is 14.5 Å². The fourth-order valence-electron chi connectivity index (χ4n) is 2.35. The van der Waals surface area contributed by atoms with Crippen molar-refractivity contribution in [2.75, 3.05) is 20.8 Å². The SMILES string of the molecule is COc1ccc(CCNS(=O)(=O)c2c(C)[nH]c(=O)[nH]c2=O)cc1OC. The fraction of sp³-hybridized carbons (Fsp3) is 0.333. The van der Waals surface area contributed by atoms with Crippen LogP contribution >= 0.6 is 0 Å². The lowest BCUT2D eigenvalue weighted by Gasteiger charge is -2.10. The monoisotopic (exact) mass is 369 g/mol. The van der Waals surface area contributed by atoms with E-state index in [9.17, 15) is 18.0 Å². The molecule has 1 heterocycles. The molecule has 0 saturated heterocycles. The predicted molar refractivity (Wildman–Crippen MR) is 90.9 cm³/mol. The Labute approximate surface area is 144 Å². The number of methoxy groups -OCH3 is 2. The number of benzene rings is 1. The minimum absolute atomic E-state index is 0.0210. The first kappa shape index (κ1) is 18.7. The van der Waals surface area contributed by atoms with E-state index in [4.69, 9.17) is 9.47 Å². The van der Waals surface area contributed by atoms with Crippen LogP contribution in [0.4, 0.5) is 0 Å². The summed E-state index contributed by atoms with van der Waals surface area (Å²) in [4.78, 5) is 26.6. The van der Waals surface area contributed by atoms with Crippen molar-refractivity contribution in [1.29, 1.82) is 0 Å². The number of rotatable bonds is 7. The molecule has 1 aromatic heterocycles. The molecule has 10 heteroatoms. The Morgan fingerprint density at radius 1 is 1.08 bits per heavy atom. The molecule has 0 saturated carbocycles. The highest BCUT2D eigenvalue weighted by molar-refractivity contribution is 7.89. The van der Waals surface area contributed by atoms with Gasteiger partial charge in [-0.1, -0.05) is 6.07 Å². The average molecular weight is 369 g/mol. The number of ether oxygens (including phenoxy) is 2. The Balaban J connectivity index is 2.14. The number of aromatic amines is 2. The van der Waals surface area contributed by atoms with Gasteiger partial charge in [-0.05, 0) is 31.0 Å². The molecule has 3 N–H and O–H groups in total. The predicted octanol–water partition coefficient (Wildman–Crippen LogP) is -0.0902. The largest absolute Gasteiger partial charge is 0.493 e. The van der Waals surface area contributed by atoms with E-state index in [0.717, 1.165) is 5.56 Å². The molecule has 0 aliphatic rings. The summed E-state index contributed by atoms with van der Waals surface area (Å²) < 4.78 is 37.3. The lowest BCUT2D eigenvalue weighted by molar-refractivity contribution is 0.354. The molecule has 0 bridgehead atoms. The Morgan fingerprint density at radius 3 is 2.36 bits per heavy atom. The van der Waals surface area contributed by atoms with Crippen LogP contribution in [0.3, 0.4) is 0 Å². The van der Waals surface area contributed by atoms with Gasteiger partial charge in [0.05, 0.1) is 14.2 Å². The molecule has 1 aromatic carbocycles. The highest BCUT2D eigenvalue weighted by atomic mass is 32.2. The number of aromatic nitrogens is 2. The smallest absolute Gasteiger partial charge is 0.325 e. The van der Waals surface area contributed by atoms with Gasteiger partial charge in [-0.25, -0.2) is 17.9 Å². The minimum atomic E-state index is -4.06. The van der Waals surface area contributed by atoms with Crippen LogP contribution in [0.2, 0.25) is 0 Å². The molecule has 9 nitrogen and oxygen atoms in total. The maximum absolute atomic E-state index is 12.3. The van der Waals surface area contributed by atoms with E-state index in [-0.39, 0.29) is 12.2 Å². The van der Waals surface area contributed by atoms with E-state index in [0.29, 0.717) is 17.9 Å². The summed E-state index contributed by atoms with van der Waals surface area (Å²) in [5.41, 5.74) is -0.911. The average Bonchev–Trinajstić information content (AvgIpc) is 2.53. The van der Waals surface area contributed by atoms with E-state index < -0.39 is 26.2 Å². The first-order valence-corrected chi connectivity index (χ1v) is 8.80. The molecule has 0 amide bonds. The number of hydrogen-bond donors (Lipinski definition) is 3. The van der Waals surface area contributed by atoms with Crippen LogP contribution in [0.1, 0.15) is 11.3 Å². The standard InChI is InChI=1S/C15H19N3O6S/c1-9-13(14(19)18-15(20)17-9)25(21,22)16-7-6-10-4-5-11(23-2)12(8-10)24-3/h4-5,8,16H,6-7H2,1-3H3,(H2,17,18,19,20). The van der Waals surface area contributed by atoms with Crippen LogP contribution in [-0.2, 0) is 16.4 Å². The quantitative estimate of drug-likeness (QED) is 0.625. The van der Waals surface area contributed by atoms with Crippen molar-refractivity contribution in [3.05, 3.63) is 50.3 Å². The van der Waals surface area contributed by atoms with Crippen LogP contribution in [0.25, 0.3) is 0 Å². The lowest BCUT2D eigenvalue weighted by atomic mass is 10.1. The molecule has 0 fully saturated rings. The second kappa shape index (κ2) is 7.53. The van der Waals surface area contributed by atoms with Gasteiger partial charge in [0.1, 0.15) is 0 Å². The van der Waals surface area contributed by atoms with Gasteiger partial charge in [-0.3, -0.25) is 9.78 Å². The lowest BCUT2D eigenvalue weighted by Crippen LogP contribution is -2.35. The molecule has 0 unspecified atom stereocenters. The number of sulfonamides is 1. The van der Waals surface area contributed by atoms with Gasteiger partial charge in [0.25, 0.3) is 5.56 Å². The van der Waals surface area contributed by atoms with Crippen molar-refractivity contribution < 1.29 is 17.9 Å². The summed E-state index contributed by atoms with van der Waals surface area (Å²) in [6, 6.07) is 5.25. The third-order valence-corrected chi connectivity index (χ3v) is 5.11. The molecule has 0 atom stereocenters.